The molecular formula is C33H54N4P2. The van der Waals surface area contributed by atoms with E-state index in [9.17, 15) is 0 Å². The molecule has 0 bridgehead atoms. The molecule has 216 valence electrons. The van der Waals surface area contributed by atoms with Gasteiger partial charge >= 0.3 is 0 Å². The molecule has 0 amide bonds. The molecule has 0 saturated carbocycles. The van der Waals surface area contributed by atoms with Crippen molar-refractivity contribution in [3.8, 4) is 0 Å². The molecule has 2 heterocycles. The van der Waals surface area contributed by atoms with Gasteiger partial charge in [0.2, 0.25) is 0 Å². The van der Waals surface area contributed by atoms with E-state index < -0.39 is 0 Å². The van der Waals surface area contributed by atoms with Crippen molar-refractivity contribution >= 4 is 15.8 Å². The zero-order chi connectivity index (χ0) is 28.3. The van der Waals surface area contributed by atoms with Crippen molar-refractivity contribution in [3.05, 3.63) is 70.8 Å². The molecule has 4 rings (SSSR count). The molecule has 0 aromatic heterocycles. The maximum absolute atomic E-state index is 3.92. The average Bonchev–Trinajstić information content (AvgIpc) is 2.91. The van der Waals surface area contributed by atoms with Crippen LogP contribution in [0.15, 0.2) is 48.5 Å². The number of piperazine rings is 2. The molecule has 6 heteroatoms. The molecule has 2 aromatic carbocycles. The van der Waals surface area contributed by atoms with Gasteiger partial charge in [-0.3, -0.25) is 0 Å². The van der Waals surface area contributed by atoms with Crippen LogP contribution in [0.3, 0.4) is 0 Å². The topological polar surface area (TPSA) is 48.1 Å². The van der Waals surface area contributed by atoms with Gasteiger partial charge in [0.1, 0.15) is 0 Å². The Labute approximate surface area is 241 Å². The van der Waals surface area contributed by atoms with Crippen LogP contribution in [0.5, 0.6) is 0 Å². The van der Waals surface area contributed by atoms with Crippen LogP contribution < -0.4 is 21.3 Å². The van der Waals surface area contributed by atoms with Crippen molar-refractivity contribution in [1.82, 2.24) is 21.3 Å². The molecule has 2 atom stereocenters. The number of benzene rings is 2. The highest BCUT2D eigenvalue weighted by atomic mass is 31.1. The summed E-state index contributed by atoms with van der Waals surface area (Å²) in [7, 11) is -0.533. The van der Waals surface area contributed by atoms with Gasteiger partial charge in [0, 0.05) is 56.2 Å². The molecule has 2 aromatic rings. The Balaban J connectivity index is 1.76. The summed E-state index contributed by atoms with van der Waals surface area (Å²) < 4.78 is 0. The van der Waals surface area contributed by atoms with Crippen molar-refractivity contribution < 1.29 is 0 Å². The van der Waals surface area contributed by atoms with E-state index in [0.717, 1.165) is 39.3 Å². The molecule has 2 aliphatic heterocycles. The lowest BCUT2D eigenvalue weighted by atomic mass is 9.77. The van der Waals surface area contributed by atoms with Gasteiger partial charge in [-0.15, -0.1) is 0 Å². The summed E-state index contributed by atoms with van der Waals surface area (Å²) in [5, 5.41) is 15.8. The van der Waals surface area contributed by atoms with Gasteiger partial charge in [0.25, 0.3) is 0 Å². The fourth-order valence-corrected chi connectivity index (χ4v) is 13.0. The second kappa shape index (κ2) is 13.0. The second-order valence-electron chi connectivity index (χ2n) is 13.9. The SMILES string of the molecule is CC(C)(c1ccccc1)c1ccc(CP(C(C)(C)C)C(C)(C)C)c(CP(C2CNCCN2)C2CNCCN2)c1. The molecular weight excluding hydrogens is 514 g/mol. The van der Waals surface area contributed by atoms with E-state index >= 15 is 0 Å². The first-order valence-corrected chi connectivity index (χ1v) is 18.2. The van der Waals surface area contributed by atoms with Crippen molar-refractivity contribution in [2.75, 3.05) is 39.3 Å². The zero-order valence-corrected chi connectivity index (χ0v) is 27.6. The van der Waals surface area contributed by atoms with E-state index in [1.54, 1.807) is 11.1 Å². The van der Waals surface area contributed by atoms with Crippen molar-refractivity contribution in [2.24, 2.45) is 0 Å². The summed E-state index contributed by atoms with van der Waals surface area (Å²) in [6.07, 6.45) is 2.36. The Morgan fingerprint density at radius 1 is 0.641 bits per heavy atom. The normalized spacial score (nSPS) is 22.2. The van der Waals surface area contributed by atoms with Crippen LogP contribution in [0.1, 0.15) is 77.6 Å². The number of hydrogen-bond donors (Lipinski definition) is 4. The minimum Gasteiger partial charge on any atom is -0.314 e. The highest BCUT2D eigenvalue weighted by Gasteiger charge is 2.36. The average molecular weight is 569 g/mol. The second-order valence-corrected chi connectivity index (χ2v) is 20.4. The maximum Gasteiger partial charge on any atom is 0.0413 e. The van der Waals surface area contributed by atoms with Crippen LogP contribution in [-0.2, 0) is 17.7 Å². The third-order valence-electron chi connectivity index (χ3n) is 8.56. The summed E-state index contributed by atoms with van der Waals surface area (Å²) in [6.45, 7) is 25.9. The largest absolute Gasteiger partial charge is 0.314 e. The van der Waals surface area contributed by atoms with Gasteiger partial charge in [-0.25, -0.2) is 0 Å². The lowest BCUT2D eigenvalue weighted by Gasteiger charge is -2.43. The molecule has 0 radical (unpaired) electrons. The molecule has 4 nitrogen and oxygen atoms in total. The van der Waals surface area contributed by atoms with Crippen LogP contribution in [-0.4, -0.2) is 61.1 Å². The number of nitrogens with one attached hydrogen (secondary N) is 4. The van der Waals surface area contributed by atoms with Gasteiger partial charge in [-0.2, -0.15) is 0 Å². The first kappa shape index (κ1) is 31.1. The quantitative estimate of drug-likeness (QED) is 0.271. The van der Waals surface area contributed by atoms with E-state index in [1.807, 2.05) is 0 Å². The van der Waals surface area contributed by atoms with Crippen molar-refractivity contribution in [3.63, 3.8) is 0 Å². The van der Waals surface area contributed by atoms with E-state index in [-0.39, 0.29) is 21.3 Å². The minimum absolute atomic E-state index is 0.0363. The van der Waals surface area contributed by atoms with E-state index in [0.29, 0.717) is 21.9 Å². The van der Waals surface area contributed by atoms with E-state index in [2.05, 4.69) is 125 Å². The summed E-state index contributed by atoms with van der Waals surface area (Å²) in [5.74, 6) is 1.08. The fourth-order valence-electron chi connectivity index (χ4n) is 6.37. The van der Waals surface area contributed by atoms with Gasteiger partial charge < -0.3 is 21.3 Å². The Morgan fingerprint density at radius 2 is 1.21 bits per heavy atom. The third-order valence-corrected chi connectivity index (χ3v) is 15.5. The monoisotopic (exact) mass is 568 g/mol. The smallest absolute Gasteiger partial charge is 0.0413 e. The van der Waals surface area contributed by atoms with Gasteiger partial charge in [-0.05, 0) is 44.9 Å². The predicted octanol–water partition coefficient (Wildman–Crippen LogP) is 6.61. The molecule has 0 spiro atoms. The van der Waals surface area contributed by atoms with Gasteiger partial charge in [0.05, 0.1) is 0 Å². The van der Waals surface area contributed by atoms with Crippen LogP contribution in [0, 0.1) is 0 Å². The standard InChI is InChI=1S/C33H54N4P2/c1-31(2,3)39(32(4,5)6)24-25-14-15-28(33(7,8)27-12-10-9-11-13-27)20-26(25)23-38(29-21-34-16-18-36-29)30-22-35-17-19-37-30/h9-15,20,29-30,34-37H,16-19,21-24H2,1-8H3. The van der Waals surface area contributed by atoms with Gasteiger partial charge in [-0.1, -0.05) is 120 Å². The maximum atomic E-state index is 3.92. The Morgan fingerprint density at radius 3 is 1.69 bits per heavy atom. The van der Waals surface area contributed by atoms with E-state index in [1.165, 1.54) is 23.5 Å². The summed E-state index contributed by atoms with van der Waals surface area (Å²) in [5.41, 5.74) is 5.95. The molecule has 4 N–H and O–H groups in total. The number of rotatable bonds is 8. The van der Waals surface area contributed by atoms with Crippen LogP contribution >= 0.6 is 15.8 Å². The van der Waals surface area contributed by atoms with E-state index in [4.69, 9.17) is 0 Å². The van der Waals surface area contributed by atoms with Crippen molar-refractivity contribution in [2.45, 2.75) is 95.0 Å². The predicted molar refractivity (Wildman–Crippen MR) is 175 cm³/mol. The summed E-state index contributed by atoms with van der Waals surface area (Å²) in [4.78, 5) is 0. The number of hydrogen-bond acceptors (Lipinski definition) is 4. The van der Waals surface area contributed by atoms with Gasteiger partial charge in [0.15, 0.2) is 0 Å². The Bertz CT molecular complexity index is 1010. The molecule has 2 aliphatic rings. The Hall–Kier alpha value is -0.860. The highest BCUT2D eigenvalue weighted by molar-refractivity contribution is 7.60. The highest BCUT2D eigenvalue weighted by Crippen LogP contribution is 2.62. The van der Waals surface area contributed by atoms with Crippen LogP contribution in [0.2, 0.25) is 0 Å². The fraction of sp³-hybridized carbons (Fsp3) is 0.636. The first-order chi connectivity index (χ1) is 18.4. The molecule has 39 heavy (non-hydrogen) atoms. The molecule has 0 aliphatic carbocycles. The molecule has 2 fully saturated rings. The summed E-state index contributed by atoms with van der Waals surface area (Å²) in [6, 6.07) is 18.6. The third kappa shape index (κ3) is 7.91. The molecule has 2 saturated heterocycles. The molecule has 2 unspecified atom stereocenters. The lowest BCUT2D eigenvalue weighted by molar-refractivity contribution is 0.472. The lowest BCUT2D eigenvalue weighted by Crippen LogP contribution is -2.53. The van der Waals surface area contributed by atoms with Crippen molar-refractivity contribution in [1.29, 1.82) is 0 Å². The minimum atomic E-state index is -0.313. The summed E-state index contributed by atoms with van der Waals surface area (Å²) >= 11 is 0. The van der Waals surface area contributed by atoms with Crippen LogP contribution in [0.25, 0.3) is 0 Å². The Kier molecular flexibility index (Phi) is 10.3. The van der Waals surface area contributed by atoms with Crippen LogP contribution in [0.4, 0.5) is 0 Å². The zero-order valence-electron chi connectivity index (χ0n) is 25.8. The first-order valence-electron chi connectivity index (χ1n) is 15.0.